The van der Waals surface area contributed by atoms with Crippen LogP contribution >= 0.6 is 0 Å². The van der Waals surface area contributed by atoms with Gasteiger partial charge < -0.3 is 5.32 Å². The molecule has 1 N–H and O–H groups in total. The molecule has 3 rings (SSSR count). The van der Waals surface area contributed by atoms with E-state index in [4.69, 9.17) is 0 Å². The Labute approximate surface area is 112 Å². The molecule has 0 unspecified atom stereocenters. The van der Waals surface area contributed by atoms with Crippen LogP contribution in [-0.4, -0.2) is 21.3 Å². The summed E-state index contributed by atoms with van der Waals surface area (Å²) >= 11 is 0. The second-order valence-corrected chi connectivity index (χ2v) is 4.41. The summed E-state index contributed by atoms with van der Waals surface area (Å²) in [6.45, 7) is 3.85. The van der Waals surface area contributed by atoms with Crippen molar-refractivity contribution in [3.63, 3.8) is 0 Å². The Morgan fingerprint density at radius 3 is 3.05 bits per heavy atom. The number of hydrogen-bond donors (Lipinski definition) is 1. The minimum Gasteiger partial charge on any atom is -0.311 e. The van der Waals surface area contributed by atoms with E-state index in [9.17, 15) is 0 Å². The van der Waals surface area contributed by atoms with Crippen molar-refractivity contribution in [2.45, 2.75) is 13.5 Å². The first-order valence-corrected chi connectivity index (χ1v) is 6.47. The molecular formula is C15H16N4. The fraction of sp³-hybridized carbons (Fsp3) is 0.200. The zero-order valence-corrected chi connectivity index (χ0v) is 10.9. The lowest BCUT2D eigenvalue weighted by Crippen LogP contribution is -2.12. The van der Waals surface area contributed by atoms with Crippen molar-refractivity contribution in [1.82, 2.24) is 20.1 Å². The smallest absolute Gasteiger partial charge is 0.0766 e. The van der Waals surface area contributed by atoms with Gasteiger partial charge in [-0.3, -0.25) is 4.98 Å². The Morgan fingerprint density at radius 1 is 1.21 bits per heavy atom. The van der Waals surface area contributed by atoms with Crippen molar-refractivity contribution in [2.75, 3.05) is 6.54 Å². The third kappa shape index (κ3) is 2.48. The van der Waals surface area contributed by atoms with Crippen LogP contribution in [0.3, 0.4) is 0 Å². The van der Waals surface area contributed by atoms with Gasteiger partial charge in [-0.25, -0.2) is 4.68 Å². The topological polar surface area (TPSA) is 42.7 Å². The summed E-state index contributed by atoms with van der Waals surface area (Å²) in [4.78, 5) is 4.32. The highest BCUT2D eigenvalue weighted by molar-refractivity contribution is 5.80. The number of hydrogen-bond acceptors (Lipinski definition) is 3. The summed E-state index contributed by atoms with van der Waals surface area (Å²) < 4.78 is 1.90. The van der Waals surface area contributed by atoms with Crippen molar-refractivity contribution in [2.24, 2.45) is 0 Å². The summed E-state index contributed by atoms with van der Waals surface area (Å²) in [6, 6.07) is 12.2. The maximum absolute atomic E-state index is 4.56. The molecule has 0 spiro atoms. The lowest BCUT2D eigenvalue weighted by molar-refractivity contribution is 0.697. The Kier molecular flexibility index (Phi) is 3.25. The molecule has 4 heteroatoms. The van der Waals surface area contributed by atoms with Gasteiger partial charge in [0.15, 0.2) is 0 Å². The quantitative estimate of drug-likeness (QED) is 0.776. The number of aromatic nitrogens is 3. The van der Waals surface area contributed by atoms with Gasteiger partial charge in [-0.05, 0) is 36.9 Å². The van der Waals surface area contributed by atoms with Crippen LogP contribution in [0.5, 0.6) is 0 Å². The number of nitrogens with zero attached hydrogens (tertiary/aromatic N) is 3. The highest BCUT2D eigenvalue weighted by Gasteiger charge is 2.02. The Hall–Kier alpha value is -2.20. The summed E-state index contributed by atoms with van der Waals surface area (Å²) in [6.07, 6.45) is 3.80. The molecule has 0 aliphatic rings. The van der Waals surface area contributed by atoms with Crippen molar-refractivity contribution >= 4 is 10.9 Å². The molecular weight excluding hydrogens is 236 g/mol. The average molecular weight is 252 g/mol. The van der Waals surface area contributed by atoms with Gasteiger partial charge in [-0.1, -0.05) is 13.0 Å². The monoisotopic (exact) mass is 252 g/mol. The predicted octanol–water partition coefficient (Wildman–Crippen LogP) is 2.53. The average Bonchev–Trinajstić information content (AvgIpc) is 2.93. The maximum Gasteiger partial charge on any atom is 0.0766 e. The van der Waals surface area contributed by atoms with Crippen molar-refractivity contribution in [3.8, 4) is 5.69 Å². The first-order chi connectivity index (χ1) is 9.36. The van der Waals surface area contributed by atoms with E-state index in [1.54, 1.807) is 0 Å². The predicted molar refractivity (Wildman–Crippen MR) is 76.2 cm³/mol. The number of nitrogens with one attached hydrogen (secondary N) is 1. The van der Waals surface area contributed by atoms with Crippen molar-refractivity contribution in [1.29, 1.82) is 0 Å². The molecule has 96 valence electrons. The van der Waals surface area contributed by atoms with Gasteiger partial charge in [0.05, 0.1) is 16.9 Å². The van der Waals surface area contributed by atoms with E-state index in [0.29, 0.717) is 0 Å². The largest absolute Gasteiger partial charge is 0.311 e. The molecule has 0 aliphatic carbocycles. The van der Waals surface area contributed by atoms with Gasteiger partial charge in [0.1, 0.15) is 0 Å². The van der Waals surface area contributed by atoms with Gasteiger partial charge in [-0.15, -0.1) is 0 Å². The molecule has 2 aromatic heterocycles. The highest BCUT2D eigenvalue weighted by Crippen LogP contribution is 2.16. The number of fused-ring (bicyclic) bond motifs is 1. The van der Waals surface area contributed by atoms with Gasteiger partial charge in [0.2, 0.25) is 0 Å². The lowest BCUT2D eigenvalue weighted by Gasteiger charge is -2.03. The molecule has 0 atom stereocenters. The fourth-order valence-corrected chi connectivity index (χ4v) is 2.06. The van der Waals surface area contributed by atoms with E-state index in [1.807, 2.05) is 41.3 Å². The molecule has 0 saturated heterocycles. The van der Waals surface area contributed by atoms with Crippen LogP contribution in [0.1, 0.15) is 12.6 Å². The number of pyridine rings is 1. The normalized spacial score (nSPS) is 11.0. The van der Waals surface area contributed by atoms with Crippen LogP contribution < -0.4 is 5.32 Å². The molecule has 0 bridgehead atoms. The minimum absolute atomic E-state index is 0.804. The standard InChI is InChI=1S/C15H16N4/c1-2-16-11-13-7-9-19(18-13)14-5-6-15-12(10-14)4-3-8-17-15/h3-10,16H,2,11H2,1H3. The van der Waals surface area contributed by atoms with Gasteiger partial charge >= 0.3 is 0 Å². The van der Waals surface area contributed by atoms with Gasteiger partial charge in [0, 0.05) is 24.3 Å². The zero-order valence-electron chi connectivity index (χ0n) is 10.9. The molecule has 0 fully saturated rings. The Balaban J connectivity index is 1.92. The Morgan fingerprint density at radius 2 is 2.16 bits per heavy atom. The van der Waals surface area contributed by atoms with Crippen LogP contribution in [-0.2, 0) is 6.54 Å². The molecule has 0 saturated carbocycles. The zero-order chi connectivity index (χ0) is 13.1. The summed E-state index contributed by atoms with van der Waals surface area (Å²) in [5.74, 6) is 0. The Bertz CT molecular complexity index is 687. The van der Waals surface area contributed by atoms with Crippen LogP contribution in [0.4, 0.5) is 0 Å². The first kappa shape index (κ1) is 11.9. The molecule has 19 heavy (non-hydrogen) atoms. The van der Waals surface area contributed by atoms with E-state index in [1.165, 1.54) is 0 Å². The number of rotatable bonds is 4. The summed E-state index contributed by atoms with van der Waals surface area (Å²) in [7, 11) is 0. The molecule has 2 heterocycles. The molecule has 1 aromatic carbocycles. The SMILES string of the molecule is CCNCc1ccn(-c2ccc3ncccc3c2)n1. The second-order valence-electron chi connectivity index (χ2n) is 4.41. The second kappa shape index (κ2) is 5.20. The molecule has 0 aliphatic heterocycles. The van der Waals surface area contributed by atoms with Crippen LogP contribution in [0.2, 0.25) is 0 Å². The van der Waals surface area contributed by atoms with E-state index < -0.39 is 0 Å². The van der Waals surface area contributed by atoms with Crippen LogP contribution in [0.25, 0.3) is 16.6 Å². The van der Waals surface area contributed by atoms with Crippen molar-refractivity contribution < 1.29 is 0 Å². The molecule has 0 amide bonds. The van der Waals surface area contributed by atoms with E-state index in [0.717, 1.165) is 35.4 Å². The molecule has 3 aromatic rings. The maximum atomic E-state index is 4.56. The van der Waals surface area contributed by atoms with E-state index in [-0.39, 0.29) is 0 Å². The van der Waals surface area contributed by atoms with Crippen LogP contribution in [0.15, 0.2) is 48.8 Å². The third-order valence-corrected chi connectivity index (χ3v) is 3.05. The summed E-state index contributed by atoms with van der Waals surface area (Å²) in [5, 5.41) is 8.96. The fourth-order valence-electron chi connectivity index (χ4n) is 2.06. The number of benzene rings is 1. The van der Waals surface area contributed by atoms with Gasteiger partial charge in [0.25, 0.3) is 0 Å². The van der Waals surface area contributed by atoms with Gasteiger partial charge in [-0.2, -0.15) is 5.10 Å². The minimum atomic E-state index is 0.804. The molecule has 0 radical (unpaired) electrons. The first-order valence-electron chi connectivity index (χ1n) is 6.47. The van der Waals surface area contributed by atoms with E-state index in [2.05, 4.69) is 34.5 Å². The third-order valence-electron chi connectivity index (χ3n) is 3.05. The summed E-state index contributed by atoms with van der Waals surface area (Å²) in [5.41, 5.74) is 3.11. The molecule has 4 nitrogen and oxygen atoms in total. The van der Waals surface area contributed by atoms with Crippen molar-refractivity contribution in [3.05, 3.63) is 54.5 Å². The lowest BCUT2D eigenvalue weighted by atomic mass is 10.2. The van der Waals surface area contributed by atoms with Crippen LogP contribution in [0, 0.1) is 0 Å². The van der Waals surface area contributed by atoms with E-state index >= 15 is 0 Å². The highest BCUT2D eigenvalue weighted by atomic mass is 15.3.